The lowest BCUT2D eigenvalue weighted by molar-refractivity contribution is 0.324. The van der Waals surface area contributed by atoms with Gasteiger partial charge in [0.25, 0.3) is 0 Å². The van der Waals surface area contributed by atoms with Crippen molar-refractivity contribution in [3.63, 3.8) is 0 Å². The lowest BCUT2D eigenvalue weighted by atomic mass is 10.2. The summed E-state index contributed by atoms with van der Waals surface area (Å²) in [5, 5.41) is 9.78. The van der Waals surface area contributed by atoms with Crippen molar-refractivity contribution in [3.8, 4) is 28.7 Å². The Bertz CT molecular complexity index is 687. The second-order valence-corrected chi connectivity index (χ2v) is 4.57. The third-order valence-corrected chi connectivity index (χ3v) is 3.22. The van der Waals surface area contributed by atoms with Crippen LogP contribution in [0.4, 0.5) is 5.69 Å². The average molecular weight is 317 g/mol. The highest BCUT2D eigenvalue weighted by Crippen LogP contribution is 2.40. The summed E-state index contributed by atoms with van der Waals surface area (Å²) in [5.41, 5.74) is 1.37. The highest BCUT2D eigenvalue weighted by molar-refractivity contribution is 5.83. The molecule has 0 spiro atoms. The molecule has 2 aromatic carbocycles. The van der Waals surface area contributed by atoms with Gasteiger partial charge in [-0.3, -0.25) is 4.99 Å². The monoisotopic (exact) mass is 317 g/mol. The van der Waals surface area contributed by atoms with E-state index in [1.807, 2.05) is 0 Å². The first-order chi connectivity index (χ1) is 11.1. The molecule has 122 valence electrons. The van der Waals surface area contributed by atoms with E-state index in [4.69, 9.17) is 18.9 Å². The maximum absolute atomic E-state index is 9.78. The molecule has 1 N–H and O–H groups in total. The number of hydrogen-bond acceptors (Lipinski definition) is 6. The van der Waals surface area contributed by atoms with Crippen molar-refractivity contribution in [2.75, 3.05) is 28.4 Å². The fourth-order valence-electron chi connectivity index (χ4n) is 2.08. The van der Waals surface area contributed by atoms with Gasteiger partial charge in [0.05, 0.1) is 34.1 Å². The molecule has 0 aromatic heterocycles. The molecule has 0 saturated carbocycles. The minimum Gasteiger partial charge on any atom is -0.504 e. The zero-order valence-corrected chi connectivity index (χ0v) is 13.5. The number of phenolic OH excluding ortho intramolecular Hbond substituents is 1. The molecule has 6 heteroatoms. The molecule has 2 aromatic rings. The number of nitrogens with zero attached hydrogens (tertiary/aromatic N) is 1. The molecule has 0 aliphatic heterocycles. The molecule has 0 aliphatic rings. The minimum atomic E-state index is 0.0568. The van der Waals surface area contributed by atoms with Crippen LogP contribution in [0.1, 0.15) is 5.56 Å². The Morgan fingerprint density at radius 1 is 0.826 bits per heavy atom. The van der Waals surface area contributed by atoms with Gasteiger partial charge in [0.15, 0.2) is 23.0 Å². The fourth-order valence-corrected chi connectivity index (χ4v) is 2.08. The average Bonchev–Trinajstić information content (AvgIpc) is 2.58. The molecule has 0 unspecified atom stereocenters. The Balaban J connectivity index is 2.34. The molecule has 0 saturated heterocycles. The molecule has 0 aliphatic carbocycles. The van der Waals surface area contributed by atoms with Gasteiger partial charge in [-0.2, -0.15) is 0 Å². The summed E-state index contributed by atoms with van der Waals surface area (Å²) in [5.74, 6) is 2.03. The normalized spacial score (nSPS) is 10.6. The Hall–Kier alpha value is -2.89. The number of benzene rings is 2. The first-order valence-corrected chi connectivity index (χ1v) is 6.84. The van der Waals surface area contributed by atoms with E-state index in [0.717, 1.165) is 5.56 Å². The van der Waals surface area contributed by atoms with E-state index in [0.29, 0.717) is 28.7 Å². The zero-order valence-electron chi connectivity index (χ0n) is 13.5. The lowest BCUT2D eigenvalue weighted by Gasteiger charge is -2.12. The van der Waals surface area contributed by atoms with Crippen molar-refractivity contribution in [3.05, 3.63) is 35.9 Å². The van der Waals surface area contributed by atoms with Crippen LogP contribution in [0.2, 0.25) is 0 Å². The summed E-state index contributed by atoms with van der Waals surface area (Å²) in [4.78, 5) is 4.37. The van der Waals surface area contributed by atoms with Crippen LogP contribution in [0.5, 0.6) is 28.7 Å². The summed E-state index contributed by atoms with van der Waals surface area (Å²) in [6, 6.07) is 8.51. The van der Waals surface area contributed by atoms with E-state index in [1.165, 1.54) is 7.11 Å². The smallest absolute Gasteiger partial charge is 0.203 e. The summed E-state index contributed by atoms with van der Waals surface area (Å²) in [6.45, 7) is 0. The van der Waals surface area contributed by atoms with Crippen LogP contribution < -0.4 is 18.9 Å². The largest absolute Gasteiger partial charge is 0.504 e. The Morgan fingerprint density at radius 3 is 1.91 bits per heavy atom. The molecule has 0 radical (unpaired) electrons. The number of rotatable bonds is 6. The van der Waals surface area contributed by atoms with Crippen LogP contribution in [0, 0.1) is 0 Å². The van der Waals surface area contributed by atoms with Gasteiger partial charge in [-0.1, -0.05) is 0 Å². The number of aliphatic imine (C=N–C) groups is 1. The standard InChI is InChI=1S/C17H19NO5/c1-20-14-6-5-11(7-13(14)19)10-18-12-8-15(21-2)17(23-4)16(9-12)22-3/h5-10,19H,1-4H3/b18-10+. The van der Waals surface area contributed by atoms with Gasteiger partial charge in [-0.05, 0) is 23.8 Å². The van der Waals surface area contributed by atoms with Gasteiger partial charge in [0.2, 0.25) is 5.75 Å². The molecule has 0 heterocycles. The molecule has 0 atom stereocenters. The van der Waals surface area contributed by atoms with Crippen molar-refractivity contribution in [1.29, 1.82) is 0 Å². The highest BCUT2D eigenvalue weighted by atomic mass is 16.5. The SMILES string of the molecule is COc1ccc(/C=N/c2cc(OC)c(OC)c(OC)c2)cc1O. The van der Waals surface area contributed by atoms with Crippen LogP contribution in [-0.2, 0) is 0 Å². The Labute approximate surface area is 134 Å². The third-order valence-electron chi connectivity index (χ3n) is 3.22. The first kappa shape index (κ1) is 16.5. The van der Waals surface area contributed by atoms with Crippen LogP contribution in [-0.4, -0.2) is 39.8 Å². The predicted molar refractivity (Wildman–Crippen MR) is 88.0 cm³/mol. The van der Waals surface area contributed by atoms with Crippen LogP contribution in [0.15, 0.2) is 35.3 Å². The van der Waals surface area contributed by atoms with Crippen molar-refractivity contribution < 1.29 is 24.1 Å². The predicted octanol–water partition coefficient (Wildman–Crippen LogP) is 3.18. The van der Waals surface area contributed by atoms with Crippen molar-refractivity contribution in [2.24, 2.45) is 4.99 Å². The van der Waals surface area contributed by atoms with Crippen LogP contribution >= 0.6 is 0 Å². The van der Waals surface area contributed by atoms with Crippen LogP contribution in [0.3, 0.4) is 0 Å². The van der Waals surface area contributed by atoms with Crippen molar-refractivity contribution >= 4 is 11.9 Å². The molecule has 0 fully saturated rings. The topological polar surface area (TPSA) is 69.5 Å². The van der Waals surface area contributed by atoms with Gasteiger partial charge in [-0.25, -0.2) is 0 Å². The molecule has 0 amide bonds. The quantitative estimate of drug-likeness (QED) is 0.829. The molecular formula is C17H19NO5. The van der Waals surface area contributed by atoms with E-state index in [-0.39, 0.29) is 5.75 Å². The van der Waals surface area contributed by atoms with E-state index in [9.17, 15) is 5.11 Å². The van der Waals surface area contributed by atoms with E-state index < -0.39 is 0 Å². The maximum Gasteiger partial charge on any atom is 0.203 e. The van der Waals surface area contributed by atoms with E-state index >= 15 is 0 Å². The summed E-state index contributed by atoms with van der Waals surface area (Å²) >= 11 is 0. The second kappa shape index (κ2) is 7.40. The summed E-state index contributed by atoms with van der Waals surface area (Å²) < 4.78 is 20.8. The van der Waals surface area contributed by atoms with Crippen molar-refractivity contribution in [1.82, 2.24) is 0 Å². The molecule has 23 heavy (non-hydrogen) atoms. The number of methoxy groups -OCH3 is 4. The minimum absolute atomic E-state index is 0.0568. The van der Waals surface area contributed by atoms with E-state index in [2.05, 4.69) is 4.99 Å². The Morgan fingerprint density at radius 2 is 1.43 bits per heavy atom. The molecule has 6 nitrogen and oxygen atoms in total. The lowest BCUT2D eigenvalue weighted by Crippen LogP contribution is -1.94. The number of hydrogen-bond donors (Lipinski definition) is 1. The molecule has 2 rings (SSSR count). The second-order valence-electron chi connectivity index (χ2n) is 4.57. The fraction of sp³-hybridized carbons (Fsp3) is 0.235. The number of ether oxygens (including phenoxy) is 4. The summed E-state index contributed by atoms with van der Waals surface area (Å²) in [7, 11) is 6.14. The Kier molecular flexibility index (Phi) is 5.30. The van der Waals surface area contributed by atoms with Gasteiger partial charge in [0.1, 0.15) is 0 Å². The molecular weight excluding hydrogens is 298 g/mol. The zero-order chi connectivity index (χ0) is 16.8. The van der Waals surface area contributed by atoms with Gasteiger partial charge in [0, 0.05) is 18.3 Å². The van der Waals surface area contributed by atoms with Gasteiger partial charge < -0.3 is 24.1 Å². The number of phenols is 1. The molecule has 0 bridgehead atoms. The number of aromatic hydroxyl groups is 1. The third kappa shape index (κ3) is 3.66. The maximum atomic E-state index is 9.78. The highest BCUT2D eigenvalue weighted by Gasteiger charge is 2.12. The van der Waals surface area contributed by atoms with E-state index in [1.54, 1.807) is 57.9 Å². The van der Waals surface area contributed by atoms with Crippen LogP contribution in [0.25, 0.3) is 0 Å². The van der Waals surface area contributed by atoms with Crippen molar-refractivity contribution in [2.45, 2.75) is 0 Å². The van der Waals surface area contributed by atoms with Gasteiger partial charge in [-0.15, -0.1) is 0 Å². The van der Waals surface area contributed by atoms with Gasteiger partial charge >= 0.3 is 0 Å². The first-order valence-electron chi connectivity index (χ1n) is 6.84. The summed E-state index contributed by atoms with van der Waals surface area (Å²) in [6.07, 6.45) is 1.62.